The molecule has 11 heavy (non-hydrogen) atoms. The lowest BCUT2D eigenvalue weighted by Gasteiger charge is -2.38. The van der Waals surface area contributed by atoms with Gasteiger partial charge in [-0.2, -0.15) is 0 Å². The first-order valence-electron chi connectivity index (χ1n) is 4.78. The molecule has 0 aliphatic heterocycles. The van der Waals surface area contributed by atoms with E-state index in [1.165, 1.54) is 19.3 Å². The molecule has 66 valence electrons. The van der Waals surface area contributed by atoms with E-state index in [0.29, 0.717) is 5.92 Å². The lowest BCUT2D eigenvalue weighted by molar-refractivity contribution is -0.0392. The van der Waals surface area contributed by atoms with Gasteiger partial charge in [0, 0.05) is 0 Å². The molecule has 0 saturated heterocycles. The van der Waals surface area contributed by atoms with Gasteiger partial charge in [-0.05, 0) is 38.0 Å². The first-order valence-corrected chi connectivity index (χ1v) is 4.78. The Morgan fingerprint density at radius 1 is 1.55 bits per heavy atom. The minimum absolute atomic E-state index is 0.383. The maximum absolute atomic E-state index is 9.86. The fourth-order valence-corrected chi connectivity index (χ4v) is 1.99. The fourth-order valence-electron chi connectivity index (χ4n) is 1.99. The molecule has 0 radical (unpaired) electrons. The maximum atomic E-state index is 9.86. The summed E-state index contributed by atoms with van der Waals surface area (Å²) < 4.78 is 0. The van der Waals surface area contributed by atoms with Crippen LogP contribution in [0.3, 0.4) is 0 Å². The predicted molar refractivity (Wildman–Crippen MR) is 47.4 cm³/mol. The van der Waals surface area contributed by atoms with Crippen molar-refractivity contribution >= 4 is 0 Å². The van der Waals surface area contributed by atoms with Crippen LogP contribution < -0.4 is 0 Å². The summed E-state index contributed by atoms with van der Waals surface area (Å²) in [6.07, 6.45) is 4.70. The Balaban J connectivity index is 2.48. The van der Waals surface area contributed by atoms with Gasteiger partial charge in [0.1, 0.15) is 0 Å². The number of hydrogen-bond acceptors (Lipinski definition) is 1. The van der Waals surface area contributed by atoms with Crippen molar-refractivity contribution in [2.24, 2.45) is 11.8 Å². The Morgan fingerprint density at radius 2 is 2.18 bits per heavy atom. The lowest BCUT2D eigenvalue weighted by Crippen LogP contribution is -2.38. The van der Waals surface area contributed by atoms with E-state index in [2.05, 4.69) is 13.8 Å². The Labute approximate surface area is 69.8 Å². The monoisotopic (exact) mass is 156 g/mol. The normalized spacial score (nSPS) is 45.8. The number of hydrogen-bond donors (Lipinski definition) is 1. The van der Waals surface area contributed by atoms with Gasteiger partial charge < -0.3 is 5.11 Å². The first-order chi connectivity index (χ1) is 5.06. The van der Waals surface area contributed by atoms with Gasteiger partial charge in [0.2, 0.25) is 0 Å². The molecule has 0 amide bonds. The van der Waals surface area contributed by atoms with Crippen LogP contribution in [-0.2, 0) is 0 Å². The van der Waals surface area contributed by atoms with Crippen LogP contribution in [0.4, 0.5) is 0 Å². The zero-order valence-corrected chi connectivity index (χ0v) is 7.93. The van der Waals surface area contributed by atoms with E-state index in [4.69, 9.17) is 0 Å². The fraction of sp³-hybridized carbons (Fsp3) is 1.00. The highest BCUT2D eigenvalue weighted by Gasteiger charge is 2.34. The second kappa shape index (κ2) is 3.14. The van der Waals surface area contributed by atoms with E-state index in [9.17, 15) is 5.11 Å². The van der Waals surface area contributed by atoms with Crippen molar-refractivity contribution < 1.29 is 5.11 Å². The van der Waals surface area contributed by atoms with Gasteiger partial charge in [-0.1, -0.05) is 20.3 Å². The van der Waals surface area contributed by atoms with Crippen molar-refractivity contribution in [1.82, 2.24) is 0 Å². The Kier molecular flexibility index (Phi) is 2.58. The molecule has 3 atom stereocenters. The first kappa shape index (κ1) is 9.05. The van der Waals surface area contributed by atoms with Crippen LogP contribution in [0.1, 0.15) is 46.5 Å². The highest BCUT2D eigenvalue weighted by Crippen LogP contribution is 2.37. The Morgan fingerprint density at radius 3 is 2.64 bits per heavy atom. The zero-order chi connectivity index (χ0) is 8.48. The van der Waals surface area contributed by atoms with Crippen molar-refractivity contribution in [2.75, 3.05) is 0 Å². The lowest BCUT2D eigenvalue weighted by atomic mass is 9.72. The van der Waals surface area contributed by atoms with Crippen molar-refractivity contribution in [3.63, 3.8) is 0 Å². The highest BCUT2D eigenvalue weighted by atomic mass is 16.3. The third-order valence-electron chi connectivity index (χ3n) is 3.38. The Hall–Kier alpha value is -0.0400. The van der Waals surface area contributed by atoms with E-state index < -0.39 is 0 Å². The quantitative estimate of drug-likeness (QED) is 0.618. The molecule has 3 unspecified atom stereocenters. The number of rotatable bonds is 1. The average molecular weight is 156 g/mol. The third kappa shape index (κ3) is 1.96. The van der Waals surface area contributed by atoms with Crippen molar-refractivity contribution in [1.29, 1.82) is 0 Å². The van der Waals surface area contributed by atoms with E-state index >= 15 is 0 Å². The zero-order valence-electron chi connectivity index (χ0n) is 7.93. The largest absolute Gasteiger partial charge is 0.390 e. The summed E-state index contributed by atoms with van der Waals surface area (Å²) in [7, 11) is 0. The smallest absolute Gasteiger partial charge is 0.0645 e. The molecule has 1 nitrogen and oxygen atoms in total. The topological polar surface area (TPSA) is 20.2 Å². The van der Waals surface area contributed by atoms with Gasteiger partial charge >= 0.3 is 0 Å². The molecule has 1 rings (SSSR count). The molecule has 0 bridgehead atoms. The summed E-state index contributed by atoms with van der Waals surface area (Å²) in [4.78, 5) is 0. The molecule has 0 aromatic rings. The molecule has 1 aliphatic carbocycles. The van der Waals surface area contributed by atoms with E-state index in [1.807, 2.05) is 6.92 Å². The average Bonchev–Trinajstić information content (AvgIpc) is 1.95. The molecule has 1 aliphatic rings. The predicted octanol–water partition coefficient (Wildman–Crippen LogP) is 2.58. The highest BCUT2D eigenvalue weighted by molar-refractivity contribution is 4.86. The third-order valence-corrected chi connectivity index (χ3v) is 3.38. The van der Waals surface area contributed by atoms with Gasteiger partial charge in [-0.15, -0.1) is 0 Å². The molecular weight excluding hydrogens is 136 g/mol. The maximum Gasteiger partial charge on any atom is 0.0645 e. The van der Waals surface area contributed by atoms with Gasteiger partial charge in [0.15, 0.2) is 0 Å². The standard InChI is InChI=1S/C10H20O/c1-4-9-5-6-10(3,11)8(2)7-9/h8-9,11H,4-7H2,1-3H3. The van der Waals surface area contributed by atoms with Crippen LogP contribution >= 0.6 is 0 Å². The minimum Gasteiger partial charge on any atom is -0.390 e. The summed E-state index contributed by atoms with van der Waals surface area (Å²) >= 11 is 0. The van der Waals surface area contributed by atoms with Crippen LogP contribution in [0.5, 0.6) is 0 Å². The van der Waals surface area contributed by atoms with E-state index in [1.54, 1.807) is 0 Å². The van der Waals surface area contributed by atoms with Crippen molar-refractivity contribution in [3.8, 4) is 0 Å². The summed E-state index contributed by atoms with van der Waals surface area (Å²) in [5, 5.41) is 9.86. The molecule has 0 heterocycles. The van der Waals surface area contributed by atoms with Gasteiger partial charge in [-0.3, -0.25) is 0 Å². The summed E-state index contributed by atoms with van der Waals surface area (Å²) in [5.41, 5.74) is -0.383. The molecule has 1 fully saturated rings. The van der Waals surface area contributed by atoms with Crippen LogP contribution in [-0.4, -0.2) is 10.7 Å². The van der Waals surface area contributed by atoms with E-state index in [-0.39, 0.29) is 5.60 Å². The minimum atomic E-state index is -0.383. The van der Waals surface area contributed by atoms with Crippen molar-refractivity contribution in [2.45, 2.75) is 52.1 Å². The second-order valence-corrected chi connectivity index (χ2v) is 4.31. The molecule has 0 aromatic heterocycles. The van der Waals surface area contributed by atoms with E-state index in [0.717, 1.165) is 12.3 Å². The molecule has 1 N–H and O–H groups in total. The van der Waals surface area contributed by atoms with Crippen LogP contribution in [0.2, 0.25) is 0 Å². The second-order valence-electron chi connectivity index (χ2n) is 4.31. The molecule has 0 spiro atoms. The number of aliphatic hydroxyl groups is 1. The molecule has 1 heteroatoms. The summed E-state index contributed by atoms with van der Waals surface area (Å²) in [6.45, 7) is 6.39. The SMILES string of the molecule is CCC1CCC(C)(O)C(C)C1. The summed E-state index contributed by atoms with van der Waals surface area (Å²) in [5.74, 6) is 1.35. The van der Waals surface area contributed by atoms with Crippen LogP contribution in [0.15, 0.2) is 0 Å². The van der Waals surface area contributed by atoms with Gasteiger partial charge in [0.05, 0.1) is 5.60 Å². The molecule has 0 aromatic carbocycles. The summed E-state index contributed by atoms with van der Waals surface area (Å²) in [6, 6.07) is 0. The van der Waals surface area contributed by atoms with Crippen molar-refractivity contribution in [3.05, 3.63) is 0 Å². The molecule has 1 saturated carbocycles. The Bertz CT molecular complexity index is 129. The van der Waals surface area contributed by atoms with Crippen LogP contribution in [0.25, 0.3) is 0 Å². The van der Waals surface area contributed by atoms with Gasteiger partial charge in [-0.25, -0.2) is 0 Å². The van der Waals surface area contributed by atoms with Gasteiger partial charge in [0.25, 0.3) is 0 Å². The van der Waals surface area contributed by atoms with Crippen LogP contribution in [0, 0.1) is 11.8 Å². The molecular formula is C10H20O.